The van der Waals surface area contributed by atoms with Gasteiger partial charge in [0.2, 0.25) is 0 Å². The van der Waals surface area contributed by atoms with Crippen molar-refractivity contribution < 1.29 is 0 Å². The van der Waals surface area contributed by atoms with Crippen molar-refractivity contribution in [2.75, 3.05) is 0 Å². The molecule has 0 unspecified atom stereocenters. The molecule has 2 rings (SSSR count). The van der Waals surface area contributed by atoms with Crippen LogP contribution < -0.4 is 5.73 Å². The average Bonchev–Trinajstić information content (AvgIpc) is 2.45. The van der Waals surface area contributed by atoms with E-state index in [1.165, 1.54) is 20.5 Å². The molecule has 2 aromatic rings. The molecular weight excluding hydrogens is 178 g/mol. The molecule has 2 heteroatoms. The number of hydrogen-bond acceptors (Lipinski definition) is 2. The Bertz CT molecular complexity index is 429. The van der Waals surface area contributed by atoms with E-state index in [9.17, 15) is 0 Å². The normalized spacial score (nSPS) is 13.5. The van der Waals surface area contributed by atoms with Crippen LogP contribution in [-0.2, 0) is 0 Å². The molecule has 0 radical (unpaired) electrons. The Morgan fingerprint density at radius 3 is 2.62 bits per heavy atom. The molecule has 1 nitrogen and oxygen atoms in total. The maximum atomic E-state index is 5.89. The highest BCUT2D eigenvalue weighted by Gasteiger charge is 2.10. The number of hydrogen-bond donors (Lipinski definition) is 1. The van der Waals surface area contributed by atoms with Gasteiger partial charge in [0.1, 0.15) is 0 Å². The largest absolute Gasteiger partial charge is 0.323 e. The first-order chi connectivity index (χ1) is 6.20. The molecule has 1 aromatic carbocycles. The summed E-state index contributed by atoms with van der Waals surface area (Å²) in [6, 6.07) is 8.61. The molecule has 13 heavy (non-hydrogen) atoms. The highest BCUT2D eigenvalue weighted by atomic mass is 32.1. The summed E-state index contributed by atoms with van der Waals surface area (Å²) < 4.78 is 1.34. The third-order valence-electron chi connectivity index (χ3n) is 2.29. The molecule has 0 aliphatic heterocycles. The van der Waals surface area contributed by atoms with E-state index in [0.717, 1.165) is 0 Å². The predicted octanol–water partition coefficient (Wildman–Crippen LogP) is 3.23. The Morgan fingerprint density at radius 2 is 2.00 bits per heavy atom. The van der Waals surface area contributed by atoms with Crippen molar-refractivity contribution in [3.8, 4) is 0 Å². The maximum absolute atomic E-state index is 5.89. The second kappa shape index (κ2) is 3.13. The van der Waals surface area contributed by atoms with E-state index >= 15 is 0 Å². The number of benzene rings is 1. The van der Waals surface area contributed by atoms with Crippen LogP contribution in [0.3, 0.4) is 0 Å². The van der Waals surface area contributed by atoms with Crippen LogP contribution in [0.5, 0.6) is 0 Å². The van der Waals surface area contributed by atoms with Gasteiger partial charge >= 0.3 is 0 Å². The van der Waals surface area contributed by atoms with Crippen LogP contribution in [0.1, 0.15) is 23.4 Å². The van der Waals surface area contributed by atoms with E-state index in [1.807, 2.05) is 6.92 Å². The van der Waals surface area contributed by atoms with E-state index in [0.29, 0.717) is 0 Å². The molecular formula is C11H13NS. The average molecular weight is 191 g/mol. The lowest BCUT2D eigenvalue weighted by Gasteiger charge is -2.01. The Morgan fingerprint density at radius 1 is 1.31 bits per heavy atom. The van der Waals surface area contributed by atoms with E-state index in [1.54, 1.807) is 11.3 Å². The Hall–Kier alpha value is -0.860. The molecule has 0 amide bonds. The van der Waals surface area contributed by atoms with E-state index in [2.05, 4.69) is 31.2 Å². The number of thiophene rings is 1. The van der Waals surface area contributed by atoms with Gasteiger partial charge in [0, 0.05) is 15.6 Å². The number of fused-ring (bicyclic) bond motifs is 1. The van der Waals surface area contributed by atoms with Crippen LogP contribution in [0.4, 0.5) is 0 Å². The highest BCUT2D eigenvalue weighted by molar-refractivity contribution is 7.19. The monoisotopic (exact) mass is 191 g/mol. The van der Waals surface area contributed by atoms with Gasteiger partial charge in [-0.05, 0) is 30.9 Å². The quantitative estimate of drug-likeness (QED) is 0.735. The first kappa shape index (κ1) is 8.73. The summed E-state index contributed by atoms with van der Waals surface area (Å²) in [6.45, 7) is 4.19. The zero-order valence-corrected chi connectivity index (χ0v) is 8.69. The smallest absolute Gasteiger partial charge is 0.0364 e. The maximum Gasteiger partial charge on any atom is 0.0364 e. The SMILES string of the molecule is Cc1c([C@H](C)N)sc2ccccc12. The Labute approximate surface area is 82.2 Å². The van der Waals surface area contributed by atoms with Crippen LogP contribution in [0.2, 0.25) is 0 Å². The van der Waals surface area contributed by atoms with Crippen LogP contribution in [0.15, 0.2) is 24.3 Å². The molecule has 0 saturated carbocycles. The fourth-order valence-corrected chi connectivity index (χ4v) is 2.79. The summed E-state index contributed by atoms with van der Waals surface area (Å²) in [7, 11) is 0. The molecule has 0 spiro atoms. The summed E-state index contributed by atoms with van der Waals surface area (Å²) >= 11 is 1.81. The lowest BCUT2D eigenvalue weighted by atomic mass is 10.1. The zero-order chi connectivity index (χ0) is 9.42. The fraction of sp³-hybridized carbons (Fsp3) is 0.273. The van der Waals surface area contributed by atoms with Gasteiger partial charge in [-0.1, -0.05) is 18.2 Å². The van der Waals surface area contributed by atoms with Gasteiger partial charge in [0.15, 0.2) is 0 Å². The minimum atomic E-state index is 0.150. The van der Waals surface area contributed by atoms with Gasteiger partial charge in [-0.15, -0.1) is 11.3 Å². The minimum absolute atomic E-state index is 0.150. The molecule has 1 atom stereocenters. The summed E-state index contributed by atoms with van der Waals surface area (Å²) in [6.07, 6.45) is 0. The lowest BCUT2D eigenvalue weighted by molar-refractivity contribution is 0.832. The molecule has 0 aliphatic rings. The third-order valence-corrected chi connectivity index (χ3v) is 3.77. The van der Waals surface area contributed by atoms with E-state index in [4.69, 9.17) is 5.73 Å². The zero-order valence-electron chi connectivity index (χ0n) is 7.87. The summed E-state index contributed by atoms with van der Waals surface area (Å²) in [5.74, 6) is 0. The molecule has 2 N–H and O–H groups in total. The fourth-order valence-electron chi connectivity index (χ4n) is 1.63. The van der Waals surface area contributed by atoms with Crippen LogP contribution in [-0.4, -0.2) is 0 Å². The summed E-state index contributed by atoms with van der Waals surface area (Å²) in [5, 5.41) is 1.35. The number of aryl methyl sites for hydroxylation is 1. The second-order valence-corrected chi connectivity index (χ2v) is 4.46. The van der Waals surface area contributed by atoms with Crippen LogP contribution in [0.25, 0.3) is 10.1 Å². The van der Waals surface area contributed by atoms with Gasteiger partial charge in [-0.25, -0.2) is 0 Å². The lowest BCUT2D eigenvalue weighted by Crippen LogP contribution is -2.03. The van der Waals surface area contributed by atoms with Crippen molar-refractivity contribution in [3.63, 3.8) is 0 Å². The van der Waals surface area contributed by atoms with Crippen molar-refractivity contribution >= 4 is 21.4 Å². The van der Waals surface area contributed by atoms with Crippen molar-refractivity contribution in [3.05, 3.63) is 34.7 Å². The topological polar surface area (TPSA) is 26.0 Å². The van der Waals surface area contributed by atoms with Gasteiger partial charge in [-0.2, -0.15) is 0 Å². The van der Waals surface area contributed by atoms with E-state index < -0.39 is 0 Å². The summed E-state index contributed by atoms with van der Waals surface area (Å²) in [4.78, 5) is 1.31. The van der Waals surface area contributed by atoms with Gasteiger partial charge in [-0.3, -0.25) is 0 Å². The first-order valence-electron chi connectivity index (χ1n) is 4.43. The minimum Gasteiger partial charge on any atom is -0.323 e. The van der Waals surface area contributed by atoms with Gasteiger partial charge < -0.3 is 5.73 Å². The Kier molecular flexibility index (Phi) is 2.10. The molecule has 0 aliphatic carbocycles. The molecule has 0 bridgehead atoms. The van der Waals surface area contributed by atoms with Gasteiger partial charge in [0.25, 0.3) is 0 Å². The second-order valence-electron chi connectivity index (χ2n) is 3.38. The van der Waals surface area contributed by atoms with E-state index in [-0.39, 0.29) is 6.04 Å². The standard InChI is InChI=1S/C11H13NS/c1-7-9-5-3-4-6-10(9)13-11(7)8(2)12/h3-6,8H,12H2,1-2H3/t8-/m0/s1. The molecule has 1 aromatic heterocycles. The molecule has 68 valence electrons. The van der Waals surface area contributed by atoms with Crippen molar-refractivity contribution in [2.45, 2.75) is 19.9 Å². The molecule has 0 saturated heterocycles. The van der Waals surface area contributed by atoms with Gasteiger partial charge in [0.05, 0.1) is 0 Å². The van der Waals surface area contributed by atoms with Crippen molar-refractivity contribution in [1.82, 2.24) is 0 Å². The Balaban J connectivity index is 2.74. The number of nitrogens with two attached hydrogens (primary N) is 1. The van der Waals surface area contributed by atoms with Crippen LogP contribution in [0, 0.1) is 6.92 Å². The third kappa shape index (κ3) is 1.36. The first-order valence-corrected chi connectivity index (χ1v) is 5.25. The summed E-state index contributed by atoms with van der Waals surface area (Å²) in [5.41, 5.74) is 7.23. The predicted molar refractivity (Wildman–Crippen MR) is 59.2 cm³/mol. The molecule has 1 heterocycles. The van der Waals surface area contributed by atoms with Crippen LogP contribution >= 0.6 is 11.3 Å². The number of rotatable bonds is 1. The highest BCUT2D eigenvalue weighted by Crippen LogP contribution is 2.33. The van der Waals surface area contributed by atoms with Crippen molar-refractivity contribution in [1.29, 1.82) is 0 Å². The molecule has 0 fully saturated rings. The van der Waals surface area contributed by atoms with Crippen molar-refractivity contribution in [2.24, 2.45) is 5.73 Å².